The van der Waals surface area contributed by atoms with Crippen LogP contribution in [-0.4, -0.2) is 28.8 Å². The normalized spacial score (nSPS) is 16.9. The van der Waals surface area contributed by atoms with E-state index in [0.717, 1.165) is 11.3 Å². The molecule has 1 fully saturated rings. The van der Waals surface area contributed by atoms with E-state index in [4.69, 9.17) is 4.52 Å². The summed E-state index contributed by atoms with van der Waals surface area (Å²) in [5.74, 6) is 1.59. The van der Waals surface area contributed by atoms with Gasteiger partial charge in [0, 0.05) is 29.1 Å². The molecule has 0 radical (unpaired) electrons. The van der Waals surface area contributed by atoms with Gasteiger partial charge in [0.25, 0.3) is 0 Å². The molecule has 0 bridgehead atoms. The van der Waals surface area contributed by atoms with Gasteiger partial charge in [0.2, 0.25) is 17.6 Å². The average molecular weight is 394 g/mol. The summed E-state index contributed by atoms with van der Waals surface area (Å²) in [6.07, 6.45) is 2.42. The highest BCUT2D eigenvalue weighted by molar-refractivity contribution is 7.98. The van der Waals surface area contributed by atoms with Crippen LogP contribution >= 0.6 is 11.8 Å². The van der Waals surface area contributed by atoms with Crippen LogP contribution < -0.4 is 4.90 Å². The maximum atomic E-state index is 12.5. The van der Waals surface area contributed by atoms with Crippen LogP contribution in [0.4, 0.5) is 5.69 Å². The summed E-state index contributed by atoms with van der Waals surface area (Å²) < 4.78 is 5.51. The number of nitrogens with zero attached hydrogens (tertiary/aromatic N) is 3. The number of aromatic nitrogens is 2. The molecule has 1 aliphatic rings. The van der Waals surface area contributed by atoms with Crippen LogP contribution in [0.15, 0.2) is 57.9 Å². The lowest BCUT2D eigenvalue weighted by atomic mass is 10.0. The van der Waals surface area contributed by atoms with E-state index in [2.05, 4.69) is 36.1 Å². The highest BCUT2D eigenvalue weighted by Gasteiger charge is 2.35. The van der Waals surface area contributed by atoms with E-state index in [1.807, 2.05) is 42.7 Å². The van der Waals surface area contributed by atoms with Gasteiger partial charge < -0.3 is 9.42 Å². The first-order chi connectivity index (χ1) is 13.5. The quantitative estimate of drug-likeness (QED) is 0.564. The Morgan fingerprint density at radius 1 is 1.11 bits per heavy atom. The molecule has 0 aliphatic carbocycles. The van der Waals surface area contributed by atoms with Crippen LogP contribution in [-0.2, 0) is 4.79 Å². The second-order valence-corrected chi connectivity index (χ2v) is 8.22. The van der Waals surface area contributed by atoms with Gasteiger partial charge in [-0.1, -0.05) is 43.3 Å². The summed E-state index contributed by atoms with van der Waals surface area (Å²) in [5, 5.41) is 4.13. The Balaban J connectivity index is 1.50. The van der Waals surface area contributed by atoms with Gasteiger partial charge in [-0.3, -0.25) is 4.79 Å². The van der Waals surface area contributed by atoms with Crippen molar-refractivity contribution in [2.45, 2.75) is 37.0 Å². The minimum Gasteiger partial charge on any atom is -0.339 e. The molecule has 0 saturated carbocycles. The fraction of sp³-hybridized carbons (Fsp3) is 0.318. The van der Waals surface area contributed by atoms with Gasteiger partial charge in [0.1, 0.15) is 0 Å². The van der Waals surface area contributed by atoms with Gasteiger partial charge in [-0.05, 0) is 42.0 Å². The van der Waals surface area contributed by atoms with E-state index in [9.17, 15) is 4.79 Å². The van der Waals surface area contributed by atoms with Crippen molar-refractivity contribution in [3.63, 3.8) is 0 Å². The summed E-state index contributed by atoms with van der Waals surface area (Å²) in [6.45, 7) is 4.89. The highest BCUT2D eigenvalue weighted by Crippen LogP contribution is 2.32. The second-order valence-electron chi connectivity index (χ2n) is 7.34. The van der Waals surface area contributed by atoms with Crippen LogP contribution in [0.25, 0.3) is 11.4 Å². The van der Waals surface area contributed by atoms with Gasteiger partial charge in [0.15, 0.2) is 0 Å². The Bertz CT molecular complexity index is 964. The molecular formula is C22H23N3O2S. The van der Waals surface area contributed by atoms with Crippen LogP contribution in [0, 0.1) is 0 Å². The number of thioether (sulfide) groups is 1. The molecule has 3 aromatic rings. The summed E-state index contributed by atoms with van der Waals surface area (Å²) in [7, 11) is 0. The minimum atomic E-state index is -0.0797. The summed E-state index contributed by atoms with van der Waals surface area (Å²) >= 11 is 1.68. The van der Waals surface area contributed by atoms with Crippen LogP contribution in [0.2, 0.25) is 0 Å². The first-order valence-corrected chi connectivity index (χ1v) is 10.7. The van der Waals surface area contributed by atoms with Crippen molar-refractivity contribution >= 4 is 23.4 Å². The van der Waals surface area contributed by atoms with E-state index in [-0.39, 0.29) is 11.8 Å². The number of benzene rings is 2. The molecular weight excluding hydrogens is 370 g/mol. The molecule has 2 aromatic carbocycles. The van der Waals surface area contributed by atoms with E-state index in [1.54, 1.807) is 16.7 Å². The predicted octanol–water partition coefficient (Wildman–Crippen LogP) is 5.10. The Labute approximate surface area is 169 Å². The molecule has 1 saturated heterocycles. The molecule has 0 spiro atoms. The Morgan fingerprint density at radius 3 is 2.46 bits per heavy atom. The third-order valence-electron chi connectivity index (χ3n) is 5.14. The molecule has 1 aliphatic heterocycles. The van der Waals surface area contributed by atoms with Gasteiger partial charge >= 0.3 is 0 Å². The minimum absolute atomic E-state index is 0.0797. The van der Waals surface area contributed by atoms with E-state index in [1.165, 1.54) is 10.5 Å². The molecule has 4 rings (SSSR count). The molecule has 1 amide bonds. The zero-order valence-electron chi connectivity index (χ0n) is 16.3. The number of hydrogen-bond acceptors (Lipinski definition) is 5. The van der Waals surface area contributed by atoms with Crippen LogP contribution in [0.5, 0.6) is 0 Å². The standard InChI is InChI=1S/C22H23N3O2S/c1-14(2)15-4-6-16(7-5-15)21-23-22(27-24-21)17-12-20(26)25(13-17)18-8-10-19(28-3)11-9-18/h4-11,14,17H,12-13H2,1-3H3. The predicted molar refractivity (Wildman–Crippen MR) is 112 cm³/mol. The summed E-state index contributed by atoms with van der Waals surface area (Å²) in [5.41, 5.74) is 3.11. The molecule has 5 nitrogen and oxygen atoms in total. The molecule has 1 unspecified atom stereocenters. The number of rotatable bonds is 5. The first-order valence-electron chi connectivity index (χ1n) is 9.43. The van der Waals surface area contributed by atoms with Gasteiger partial charge in [-0.2, -0.15) is 4.98 Å². The van der Waals surface area contributed by atoms with Gasteiger partial charge in [-0.15, -0.1) is 11.8 Å². The van der Waals surface area contributed by atoms with Crippen LogP contribution in [0.1, 0.15) is 43.6 Å². The Hall–Kier alpha value is -2.60. The van der Waals surface area contributed by atoms with Crippen molar-refractivity contribution in [1.29, 1.82) is 0 Å². The van der Waals surface area contributed by atoms with Crippen molar-refractivity contribution < 1.29 is 9.32 Å². The van der Waals surface area contributed by atoms with Gasteiger partial charge in [-0.25, -0.2) is 0 Å². The fourth-order valence-electron chi connectivity index (χ4n) is 3.42. The zero-order valence-corrected chi connectivity index (χ0v) is 17.1. The van der Waals surface area contributed by atoms with Crippen molar-refractivity contribution in [2.75, 3.05) is 17.7 Å². The lowest BCUT2D eigenvalue weighted by molar-refractivity contribution is -0.117. The molecule has 144 valence electrons. The zero-order chi connectivity index (χ0) is 19.7. The molecule has 2 heterocycles. The number of amides is 1. The monoisotopic (exact) mass is 393 g/mol. The topological polar surface area (TPSA) is 59.2 Å². The number of carbonyl (C=O) groups excluding carboxylic acids is 1. The molecule has 28 heavy (non-hydrogen) atoms. The van der Waals surface area contributed by atoms with Crippen molar-refractivity contribution in [3.05, 3.63) is 60.0 Å². The van der Waals surface area contributed by atoms with Crippen LogP contribution in [0.3, 0.4) is 0 Å². The average Bonchev–Trinajstić information content (AvgIpc) is 3.35. The lowest BCUT2D eigenvalue weighted by Crippen LogP contribution is -2.24. The third-order valence-corrected chi connectivity index (χ3v) is 5.88. The summed E-state index contributed by atoms with van der Waals surface area (Å²) in [6, 6.07) is 16.3. The smallest absolute Gasteiger partial charge is 0.232 e. The van der Waals surface area contributed by atoms with Gasteiger partial charge in [0.05, 0.1) is 5.92 Å². The lowest BCUT2D eigenvalue weighted by Gasteiger charge is -2.16. The Kier molecular flexibility index (Phi) is 5.22. The maximum absolute atomic E-state index is 12.5. The Morgan fingerprint density at radius 2 is 1.82 bits per heavy atom. The first kappa shape index (κ1) is 18.7. The number of carbonyl (C=O) groups is 1. The maximum Gasteiger partial charge on any atom is 0.232 e. The van der Waals surface area contributed by atoms with Crippen molar-refractivity contribution in [1.82, 2.24) is 10.1 Å². The van der Waals surface area contributed by atoms with Crippen molar-refractivity contribution in [3.8, 4) is 11.4 Å². The third kappa shape index (κ3) is 3.69. The second kappa shape index (κ2) is 7.80. The molecule has 1 atom stereocenters. The number of hydrogen-bond donors (Lipinski definition) is 0. The fourth-order valence-corrected chi connectivity index (χ4v) is 3.83. The van der Waals surface area contributed by atoms with E-state index < -0.39 is 0 Å². The molecule has 1 aromatic heterocycles. The summed E-state index contributed by atoms with van der Waals surface area (Å²) in [4.78, 5) is 20.1. The molecule has 6 heteroatoms. The highest BCUT2D eigenvalue weighted by atomic mass is 32.2. The van der Waals surface area contributed by atoms with E-state index >= 15 is 0 Å². The molecule has 0 N–H and O–H groups in total. The SMILES string of the molecule is CSc1ccc(N2CC(c3nc(-c4ccc(C(C)C)cc4)no3)CC2=O)cc1. The number of anilines is 1. The van der Waals surface area contributed by atoms with Crippen molar-refractivity contribution in [2.24, 2.45) is 0 Å². The van der Waals surface area contributed by atoms with E-state index in [0.29, 0.717) is 30.6 Å². The largest absolute Gasteiger partial charge is 0.339 e.